The van der Waals surface area contributed by atoms with Gasteiger partial charge in [0.05, 0.1) is 12.5 Å². The molecule has 5 atom stereocenters. The van der Waals surface area contributed by atoms with Gasteiger partial charge in [0.2, 0.25) is 11.8 Å². The van der Waals surface area contributed by atoms with Gasteiger partial charge in [0.1, 0.15) is 23.2 Å². The second-order valence-electron chi connectivity index (χ2n) is 10.9. The van der Waals surface area contributed by atoms with Gasteiger partial charge in [-0.15, -0.1) is 0 Å². The van der Waals surface area contributed by atoms with Gasteiger partial charge in [-0.05, 0) is 38.5 Å². The van der Waals surface area contributed by atoms with Crippen molar-refractivity contribution in [2.45, 2.75) is 95.3 Å². The Kier molecular flexibility index (Phi) is 9.11. The zero-order valence-corrected chi connectivity index (χ0v) is 22.5. The molecule has 4 heterocycles. The summed E-state index contributed by atoms with van der Waals surface area (Å²) in [6.07, 6.45) is 16.0. The van der Waals surface area contributed by atoms with Crippen LogP contribution in [0.2, 0.25) is 0 Å². The highest BCUT2D eigenvalue weighted by Gasteiger charge is 2.75. The topological polar surface area (TPSA) is 96.4 Å². The van der Waals surface area contributed by atoms with E-state index >= 15 is 0 Å². The number of hydrogen-bond donors (Lipinski definition) is 1. The highest BCUT2D eigenvalue weighted by Crippen LogP contribution is 2.58. The summed E-state index contributed by atoms with van der Waals surface area (Å²) in [5.74, 6) is -2.30. The van der Waals surface area contributed by atoms with E-state index in [1.807, 2.05) is 36.1 Å². The van der Waals surface area contributed by atoms with Crippen molar-refractivity contribution >= 4 is 17.8 Å². The first kappa shape index (κ1) is 27.8. The lowest BCUT2D eigenvalue weighted by atomic mass is 9.73. The molecule has 0 aromatic heterocycles. The maximum absolute atomic E-state index is 14.2. The highest BCUT2D eigenvalue weighted by molar-refractivity contribution is 5.99. The van der Waals surface area contributed by atoms with Crippen LogP contribution in [0, 0.1) is 11.8 Å². The Balaban J connectivity index is 1.74. The van der Waals surface area contributed by atoms with Crippen LogP contribution < -0.4 is 0 Å². The van der Waals surface area contributed by atoms with Crippen LogP contribution >= 0.6 is 0 Å². The van der Waals surface area contributed by atoms with Gasteiger partial charge in [0.25, 0.3) is 0 Å². The molecule has 0 aromatic rings. The number of amides is 2. The molecule has 2 amide bonds. The van der Waals surface area contributed by atoms with Crippen molar-refractivity contribution in [2.24, 2.45) is 11.8 Å². The molecule has 8 heteroatoms. The van der Waals surface area contributed by atoms with Crippen LogP contribution in [0.15, 0.2) is 24.3 Å². The molecule has 0 aliphatic carbocycles. The minimum absolute atomic E-state index is 0.0950. The van der Waals surface area contributed by atoms with E-state index in [4.69, 9.17) is 14.6 Å². The molecule has 8 nitrogen and oxygen atoms in total. The number of likely N-dealkylation sites (tertiary alicyclic amines) is 1. The lowest BCUT2D eigenvalue weighted by Gasteiger charge is -2.38. The molecule has 4 rings (SSSR count). The van der Waals surface area contributed by atoms with Crippen LogP contribution in [0.5, 0.6) is 0 Å². The zero-order chi connectivity index (χ0) is 26.5. The molecule has 37 heavy (non-hydrogen) atoms. The van der Waals surface area contributed by atoms with Crippen molar-refractivity contribution in [2.75, 3.05) is 32.8 Å². The molecular weight excluding hydrogens is 472 g/mol. The van der Waals surface area contributed by atoms with Gasteiger partial charge in [0, 0.05) is 26.2 Å². The maximum atomic E-state index is 14.2. The predicted molar refractivity (Wildman–Crippen MR) is 139 cm³/mol. The largest absolute Gasteiger partial charge is 0.465 e. The number of ether oxygens (including phenoxy) is 2. The summed E-state index contributed by atoms with van der Waals surface area (Å²) in [4.78, 5) is 45.4. The lowest BCUT2D eigenvalue weighted by Crippen LogP contribution is -2.56. The number of hydrogen-bond acceptors (Lipinski definition) is 6. The fourth-order valence-corrected chi connectivity index (χ4v) is 6.66. The fraction of sp³-hybridized carbons (Fsp3) is 0.759. The smallest absolute Gasteiger partial charge is 0.313 e. The van der Waals surface area contributed by atoms with E-state index in [1.54, 1.807) is 4.90 Å². The molecule has 1 unspecified atom stereocenters. The zero-order valence-electron chi connectivity index (χ0n) is 22.5. The third-order valence-electron chi connectivity index (χ3n) is 8.56. The molecule has 206 valence electrons. The SMILES string of the molecule is CCCCCN1CC=C[C@]23O[C@@]4(CC)/C=C\CCCOC(=O)[C@H]4[C@H]2C(=O)N(CCCCCCO)C3C1=O. The Morgan fingerprint density at radius 1 is 0.946 bits per heavy atom. The number of aliphatic hydroxyl groups excluding tert-OH is 1. The van der Waals surface area contributed by atoms with E-state index in [2.05, 4.69) is 6.92 Å². The van der Waals surface area contributed by atoms with E-state index in [9.17, 15) is 14.4 Å². The minimum atomic E-state index is -1.21. The second-order valence-corrected chi connectivity index (χ2v) is 10.9. The van der Waals surface area contributed by atoms with Gasteiger partial charge in [-0.2, -0.15) is 0 Å². The number of fused-ring (bicyclic) bond motifs is 2. The first-order valence-corrected chi connectivity index (χ1v) is 14.4. The van der Waals surface area contributed by atoms with Gasteiger partial charge < -0.3 is 24.4 Å². The summed E-state index contributed by atoms with van der Waals surface area (Å²) in [6, 6.07) is -0.803. The first-order chi connectivity index (χ1) is 18.0. The molecule has 1 N–H and O–H groups in total. The highest BCUT2D eigenvalue weighted by atomic mass is 16.6. The predicted octanol–water partition coefficient (Wildman–Crippen LogP) is 3.38. The third kappa shape index (κ3) is 5.11. The number of carbonyl (C=O) groups is 3. The Morgan fingerprint density at radius 3 is 2.49 bits per heavy atom. The molecule has 1 spiro atoms. The molecule has 2 saturated heterocycles. The Morgan fingerprint density at radius 2 is 1.73 bits per heavy atom. The molecule has 0 aromatic carbocycles. The molecule has 0 saturated carbocycles. The van der Waals surface area contributed by atoms with Crippen molar-refractivity contribution < 1.29 is 29.0 Å². The summed E-state index contributed by atoms with van der Waals surface area (Å²) < 4.78 is 12.6. The van der Waals surface area contributed by atoms with Crippen molar-refractivity contribution in [3.8, 4) is 0 Å². The number of cyclic esters (lactones) is 1. The van der Waals surface area contributed by atoms with E-state index in [0.717, 1.165) is 57.8 Å². The molecule has 2 fully saturated rings. The van der Waals surface area contributed by atoms with Crippen LogP contribution in [0.25, 0.3) is 0 Å². The van der Waals surface area contributed by atoms with E-state index in [0.29, 0.717) is 32.7 Å². The average molecular weight is 517 g/mol. The quantitative estimate of drug-likeness (QED) is 0.257. The summed E-state index contributed by atoms with van der Waals surface area (Å²) in [7, 11) is 0. The Bertz CT molecular complexity index is 903. The summed E-state index contributed by atoms with van der Waals surface area (Å²) >= 11 is 0. The van der Waals surface area contributed by atoms with Gasteiger partial charge in [0.15, 0.2) is 0 Å². The van der Waals surface area contributed by atoms with Gasteiger partial charge in [-0.3, -0.25) is 14.4 Å². The number of allylic oxidation sites excluding steroid dienone is 1. The van der Waals surface area contributed by atoms with Crippen molar-refractivity contribution in [1.29, 1.82) is 0 Å². The number of carbonyl (C=O) groups excluding carboxylic acids is 3. The van der Waals surface area contributed by atoms with E-state index in [-0.39, 0.29) is 18.4 Å². The maximum Gasteiger partial charge on any atom is 0.313 e. The van der Waals surface area contributed by atoms with Gasteiger partial charge in [-0.25, -0.2) is 0 Å². The van der Waals surface area contributed by atoms with Crippen molar-refractivity contribution in [3.63, 3.8) is 0 Å². The molecule has 4 aliphatic rings. The van der Waals surface area contributed by atoms with Crippen LogP contribution in [0.4, 0.5) is 0 Å². The third-order valence-corrected chi connectivity index (χ3v) is 8.56. The number of esters is 1. The van der Waals surface area contributed by atoms with Gasteiger partial charge in [-0.1, -0.05) is 63.8 Å². The molecule has 4 aliphatic heterocycles. The number of aliphatic hydroxyl groups is 1. The Hall–Kier alpha value is -2.19. The molecule has 0 radical (unpaired) electrons. The average Bonchev–Trinajstić information content (AvgIpc) is 3.27. The summed E-state index contributed by atoms with van der Waals surface area (Å²) in [5.41, 5.74) is -2.20. The van der Waals surface area contributed by atoms with Crippen molar-refractivity contribution in [1.82, 2.24) is 9.80 Å². The molecule has 0 bridgehead atoms. The molecular formula is C29H44N2O6. The van der Waals surface area contributed by atoms with Crippen LogP contribution in [-0.2, 0) is 23.9 Å². The normalized spacial score (nSPS) is 34.2. The van der Waals surface area contributed by atoms with E-state index < -0.39 is 35.0 Å². The number of unbranched alkanes of at least 4 members (excludes halogenated alkanes) is 5. The standard InChI is InChI=1S/C29H44N2O6/c1-3-5-10-17-30-18-14-16-29-22(23-27(35)36-21-13-8-9-15-28(23,4-2)37-29)25(33)31(24(29)26(30)34)19-11-6-7-12-20-32/h9,14-16,22-24,32H,3-8,10-13,17-21H2,1-2H3/b15-9-/t22-,23+,24?,28-,29-/m0/s1. The second kappa shape index (κ2) is 12.1. The fourth-order valence-electron chi connectivity index (χ4n) is 6.66. The Labute approximate surface area is 221 Å². The summed E-state index contributed by atoms with van der Waals surface area (Å²) in [5, 5.41) is 9.12. The first-order valence-electron chi connectivity index (χ1n) is 14.4. The van der Waals surface area contributed by atoms with Crippen molar-refractivity contribution in [3.05, 3.63) is 24.3 Å². The van der Waals surface area contributed by atoms with Gasteiger partial charge >= 0.3 is 5.97 Å². The van der Waals surface area contributed by atoms with Crippen LogP contribution in [0.3, 0.4) is 0 Å². The lowest BCUT2D eigenvalue weighted by molar-refractivity contribution is -0.161. The minimum Gasteiger partial charge on any atom is -0.465 e. The monoisotopic (exact) mass is 516 g/mol. The van der Waals surface area contributed by atoms with E-state index in [1.165, 1.54) is 0 Å². The van der Waals surface area contributed by atoms with Crippen LogP contribution in [-0.4, -0.2) is 82.8 Å². The number of rotatable bonds is 11. The van der Waals surface area contributed by atoms with Crippen LogP contribution in [0.1, 0.15) is 78.1 Å². The number of nitrogens with zero attached hydrogens (tertiary/aromatic N) is 2. The summed E-state index contributed by atoms with van der Waals surface area (Å²) in [6.45, 7) is 6.10.